The zero-order valence-corrected chi connectivity index (χ0v) is 11.8. The molecule has 5 heteroatoms. The maximum absolute atomic E-state index is 10.6. The first-order valence-electron chi connectivity index (χ1n) is 6.44. The first kappa shape index (κ1) is 14.0. The molecule has 104 valence electrons. The zero-order valence-electron chi connectivity index (χ0n) is 11.8. The number of aromatic nitrogens is 1. The van der Waals surface area contributed by atoms with Gasteiger partial charge in [0, 0.05) is 41.8 Å². The van der Waals surface area contributed by atoms with Crippen molar-refractivity contribution in [3.05, 3.63) is 57.9 Å². The maximum Gasteiger partial charge on any atom is 0.269 e. The summed E-state index contributed by atoms with van der Waals surface area (Å²) in [5.74, 6) is 0. The predicted octanol–water partition coefficient (Wildman–Crippen LogP) is 4.04. The quantitative estimate of drug-likeness (QED) is 0.478. The summed E-state index contributed by atoms with van der Waals surface area (Å²) in [4.78, 5) is 14.5. The molecule has 0 bridgehead atoms. The molecule has 0 spiro atoms. The highest BCUT2D eigenvalue weighted by molar-refractivity contribution is 5.82. The molecule has 1 heterocycles. The Balaban J connectivity index is 2.16. The minimum Gasteiger partial charge on any atom is -0.349 e. The van der Waals surface area contributed by atoms with Crippen molar-refractivity contribution >= 4 is 17.6 Å². The van der Waals surface area contributed by atoms with E-state index >= 15 is 0 Å². The lowest BCUT2D eigenvalue weighted by atomic mass is 10.3. The zero-order chi connectivity index (χ0) is 14.7. The van der Waals surface area contributed by atoms with Crippen LogP contribution < -0.4 is 0 Å². The van der Waals surface area contributed by atoms with E-state index in [2.05, 4.69) is 42.6 Å². The lowest BCUT2D eigenvalue weighted by Crippen LogP contribution is -2.00. The Morgan fingerprint density at radius 1 is 1.30 bits per heavy atom. The lowest BCUT2D eigenvalue weighted by Gasteiger charge is -2.08. The second-order valence-electron chi connectivity index (χ2n) is 4.95. The van der Waals surface area contributed by atoms with Crippen LogP contribution in [0, 0.1) is 17.0 Å². The molecule has 0 radical (unpaired) electrons. The van der Waals surface area contributed by atoms with Gasteiger partial charge in [0.15, 0.2) is 0 Å². The van der Waals surface area contributed by atoms with Gasteiger partial charge >= 0.3 is 0 Å². The molecule has 0 saturated carbocycles. The molecule has 2 rings (SSSR count). The Kier molecular flexibility index (Phi) is 3.98. The average Bonchev–Trinajstić information content (AvgIpc) is 2.78. The first-order chi connectivity index (χ1) is 9.47. The van der Waals surface area contributed by atoms with Crippen LogP contribution in [0.4, 0.5) is 11.4 Å². The summed E-state index contributed by atoms with van der Waals surface area (Å²) < 4.78 is 2.18. The summed E-state index contributed by atoms with van der Waals surface area (Å²) in [7, 11) is 0. The van der Waals surface area contributed by atoms with Crippen molar-refractivity contribution in [2.45, 2.75) is 26.8 Å². The monoisotopic (exact) mass is 271 g/mol. The van der Waals surface area contributed by atoms with Gasteiger partial charge in [-0.3, -0.25) is 15.1 Å². The third kappa shape index (κ3) is 3.12. The van der Waals surface area contributed by atoms with Crippen molar-refractivity contribution in [1.82, 2.24) is 4.57 Å². The fourth-order valence-electron chi connectivity index (χ4n) is 2.05. The van der Waals surface area contributed by atoms with Crippen LogP contribution in [0.2, 0.25) is 0 Å². The van der Waals surface area contributed by atoms with Gasteiger partial charge in [0.2, 0.25) is 0 Å². The number of non-ortho nitro benzene ring substituents is 1. The van der Waals surface area contributed by atoms with Gasteiger partial charge in [-0.25, -0.2) is 0 Å². The van der Waals surface area contributed by atoms with Crippen molar-refractivity contribution in [1.29, 1.82) is 0 Å². The van der Waals surface area contributed by atoms with Crippen LogP contribution in [0.15, 0.2) is 41.5 Å². The van der Waals surface area contributed by atoms with E-state index in [1.54, 1.807) is 18.3 Å². The molecule has 0 amide bonds. The molecule has 20 heavy (non-hydrogen) atoms. The number of hydrogen-bond acceptors (Lipinski definition) is 3. The maximum atomic E-state index is 10.6. The summed E-state index contributed by atoms with van der Waals surface area (Å²) in [6, 6.07) is 8.67. The van der Waals surface area contributed by atoms with Crippen molar-refractivity contribution in [2.24, 2.45) is 4.99 Å². The van der Waals surface area contributed by atoms with Gasteiger partial charge in [-0.15, -0.1) is 0 Å². The third-order valence-corrected chi connectivity index (χ3v) is 3.05. The van der Waals surface area contributed by atoms with Crippen LogP contribution in [0.25, 0.3) is 0 Å². The molecule has 2 aromatic rings. The molecule has 5 nitrogen and oxygen atoms in total. The van der Waals surface area contributed by atoms with Gasteiger partial charge in [-0.05, 0) is 39.0 Å². The fourth-order valence-corrected chi connectivity index (χ4v) is 2.05. The molecule has 1 aromatic heterocycles. The molecule has 1 aromatic carbocycles. The van der Waals surface area contributed by atoms with E-state index in [0.717, 1.165) is 5.56 Å². The van der Waals surface area contributed by atoms with Crippen LogP contribution in [0.5, 0.6) is 0 Å². The van der Waals surface area contributed by atoms with Gasteiger partial charge in [0.25, 0.3) is 5.69 Å². The van der Waals surface area contributed by atoms with Crippen molar-refractivity contribution < 1.29 is 4.92 Å². The number of hydrogen-bond donors (Lipinski definition) is 0. The Morgan fingerprint density at radius 3 is 2.45 bits per heavy atom. The summed E-state index contributed by atoms with van der Waals surface area (Å²) in [5.41, 5.74) is 2.98. The largest absolute Gasteiger partial charge is 0.349 e. The van der Waals surface area contributed by atoms with Crippen molar-refractivity contribution in [3.63, 3.8) is 0 Å². The van der Waals surface area contributed by atoms with E-state index in [0.29, 0.717) is 11.7 Å². The highest BCUT2D eigenvalue weighted by atomic mass is 16.6. The summed E-state index contributed by atoms with van der Waals surface area (Å²) in [5, 5.41) is 10.6. The SMILES string of the molecule is Cc1cc(C=Nc2ccc([N+](=O)[O-])cc2)cn1C(C)C. The van der Waals surface area contributed by atoms with Crippen LogP contribution in [0.3, 0.4) is 0 Å². The van der Waals surface area contributed by atoms with Crippen LogP contribution >= 0.6 is 0 Å². The first-order valence-corrected chi connectivity index (χ1v) is 6.44. The molecule has 0 fully saturated rings. The van der Waals surface area contributed by atoms with Gasteiger partial charge in [0.1, 0.15) is 0 Å². The summed E-state index contributed by atoms with van der Waals surface area (Å²) in [6.45, 7) is 6.32. The number of aliphatic imine (C=N–C) groups is 1. The number of nitro groups is 1. The second kappa shape index (κ2) is 5.69. The lowest BCUT2D eigenvalue weighted by molar-refractivity contribution is -0.384. The number of rotatable bonds is 4. The van der Waals surface area contributed by atoms with E-state index in [1.807, 2.05) is 0 Å². The Hall–Kier alpha value is -2.43. The summed E-state index contributed by atoms with van der Waals surface area (Å²) >= 11 is 0. The number of nitro benzene ring substituents is 1. The molecule has 0 aliphatic carbocycles. The number of benzene rings is 1. The van der Waals surface area contributed by atoms with Crippen molar-refractivity contribution in [3.8, 4) is 0 Å². The minimum absolute atomic E-state index is 0.0748. The number of aryl methyl sites for hydroxylation is 1. The van der Waals surface area contributed by atoms with E-state index in [1.165, 1.54) is 17.8 Å². The van der Waals surface area contributed by atoms with E-state index < -0.39 is 4.92 Å². The smallest absolute Gasteiger partial charge is 0.269 e. The minimum atomic E-state index is -0.417. The summed E-state index contributed by atoms with van der Waals surface area (Å²) in [6.07, 6.45) is 3.82. The molecule has 0 unspecified atom stereocenters. The van der Waals surface area contributed by atoms with E-state index in [9.17, 15) is 10.1 Å². The average molecular weight is 271 g/mol. The highest BCUT2D eigenvalue weighted by Crippen LogP contribution is 2.18. The third-order valence-electron chi connectivity index (χ3n) is 3.05. The molecule has 0 aliphatic rings. The predicted molar refractivity (Wildman–Crippen MR) is 79.9 cm³/mol. The van der Waals surface area contributed by atoms with Gasteiger partial charge in [-0.1, -0.05) is 0 Å². The molecule has 0 saturated heterocycles. The Bertz CT molecular complexity index is 640. The molecular weight excluding hydrogens is 254 g/mol. The van der Waals surface area contributed by atoms with E-state index in [4.69, 9.17) is 0 Å². The molecule has 0 N–H and O–H groups in total. The molecule has 0 atom stereocenters. The van der Waals surface area contributed by atoms with Gasteiger partial charge < -0.3 is 4.57 Å². The Labute approximate surface area is 117 Å². The fraction of sp³-hybridized carbons (Fsp3) is 0.267. The topological polar surface area (TPSA) is 60.4 Å². The van der Waals surface area contributed by atoms with Gasteiger partial charge in [0.05, 0.1) is 10.6 Å². The standard InChI is InChI=1S/C15H17N3O2/c1-11(2)17-10-13(8-12(17)3)9-16-14-4-6-15(7-5-14)18(19)20/h4-11H,1-3H3. The van der Waals surface area contributed by atoms with Crippen LogP contribution in [0.1, 0.15) is 31.1 Å². The molecular formula is C15H17N3O2. The van der Waals surface area contributed by atoms with E-state index in [-0.39, 0.29) is 5.69 Å². The second-order valence-corrected chi connectivity index (χ2v) is 4.95. The van der Waals surface area contributed by atoms with Crippen LogP contribution in [-0.2, 0) is 0 Å². The van der Waals surface area contributed by atoms with Gasteiger partial charge in [-0.2, -0.15) is 0 Å². The highest BCUT2D eigenvalue weighted by Gasteiger charge is 2.04. The van der Waals surface area contributed by atoms with Crippen LogP contribution in [-0.4, -0.2) is 15.7 Å². The normalized spacial score (nSPS) is 11.4. The van der Waals surface area contributed by atoms with Crippen molar-refractivity contribution in [2.75, 3.05) is 0 Å². The Morgan fingerprint density at radius 2 is 1.95 bits per heavy atom. The number of nitrogens with zero attached hydrogens (tertiary/aromatic N) is 3. The molecule has 0 aliphatic heterocycles.